The Morgan fingerprint density at radius 1 is 1.21 bits per heavy atom. The lowest BCUT2D eigenvalue weighted by Gasteiger charge is -2.31. The predicted octanol–water partition coefficient (Wildman–Crippen LogP) is 2.59. The van der Waals surface area contributed by atoms with Crippen molar-refractivity contribution in [2.24, 2.45) is 0 Å². The molecule has 1 saturated carbocycles. The molecular formula is C18H25NO5. The molecule has 1 N–H and O–H groups in total. The molecule has 2 heterocycles. The van der Waals surface area contributed by atoms with E-state index in [9.17, 15) is 0 Å². The van der Waals surface area contributed by atoms with Gasteiger partial charge in [0.25, 0.3) is 0 Å². The maximum atomic E-state index is 6.19. The summed E-state index contributed by atoms with van der Waals surface area (Å²) >= 11 is 0. The zero-order valence-corrected chi connectivity index (χ0v) is 14.1. The Hall–Kier alpha value is -1.50. The molecule has 1 aliphatic carbocycles. The maximum absolute atomic E-state index is 6.19. The Bertz CT molecular complexity index is 585. The molecule has 132 valence electrons. The monoisotopic (exact) mass is 335 g/mol. The molecule has 1 spiro atoms. The summed E-state index contributed by atoms with van der Waals surface area (Å²) in [6.07, 6.45) is 5.89. The standard InChI is InChI=1S/C18H25NO5/c1-20-15-7-13(8-16-17(15)22-12-21-16)9-19-10-14-11-23-18(24-14)5-3-2-4-6-18/h7-8,14,19H,2-6,9-12H2,1H3/t14-/m0/s1. The normalized spacial score (nSPS) is 24.5. The number of fused-ring (bicyclic) bond motifs is 1. The van der Waals surface area contributed by atoms with Crippen LogP contribution in [0.15, 0.2) is 12.1 Å². The van der Waals surface area contributed by atoms with Crippen molar-refractivity contribution in [3.63, 3.8) is 0 Å². The van der Waals surface area contributed by atoms with Gasteiger partial charge < -0.3 is 29.0 Å². The second kappa shape index (κ2) is 6.78. The molecule has 6 heteroatoms. The molecule has 4 rings (SSSR count). The fraction of sp³-hybridized carbons (Fsp3) is 0.667. The van der Waals surface area contributed by atoms with Crippen LogP contribution in [-0.2, 0) is 16.0 Å². The zero-order valence-electron chi connectivity index (χ0n) is 14.1. The molecule has 2 fully saturated rings. The molecule has 0 bridgehead atoms. The van der Waals surface area contributed by atoms with Crippen LogP contribution in [-0.4, -0.2) is 38.9 Å². The van der Waals surface area contributed by atoms with E-state index in [1.54, 1.807) is 7.11 Å². The summed E-state index contributed by atoms with van der Waals surface area (Å²) in [6.45, 7) is 2.42. The Labute approximate surface area is 142 Å². The molecule has 1 atom stereocenters. The van der Waals surface area contributed by atoms with E-state index < -0.39 is 0 Å². The van der Waals surface area contributed by atoms with Gasteiger partial charge in [-0.15, -0.1) is 0 Å². The van der Waals surface area contributed by atoms with E-state index in [4.69, 9.17) is 23.7 Å². The molecule has 6 nitrogen and oxygen atoms in total. The van der Waals surface area contributed by atoms with Gasteiger partial charge in [0.1, 0.15) is 0 Å². The van der Waals surface area contributed by atoms with Gasteiger partial charge in [-0.2, -0.15) is 0 Å². The minimum absolute atomic E-state index is 0.124. The van der Waals surface area contributed by atoms with Crippen LogP contribution >= 0.6 is 0 Å². The molecule has 0 unspecified atom stereocenters. The second-order valence-corrected chi connectivity index (χ2v) is 6.68. The molecule has 3 aliphatic rings. The Kier molecular flexibility index (Phi) is 4.52. The van der Waals surface area contributed by atoms with Crippen molar-refractivity contribution in [3.8, 4) is 17.2 Å². The van der Waals surface area contributed by atoms with Gasteiger partial charge in [-0.3, -0.25) is 0 Å². The summed E-state index contributed by atoms with van der Waals surface area (Å²) in [5.41, 5.74) is 1.10. The topological polar surface area (TPSA) is 58.2 Å². The molecule has 0 amide bonds. The first kappa shape index (κ1) is 16.0. The van der Waals surface area contributed by atoms with Crippen LogP contribution in [0.3, 0.4) is 0 Å². The van der Waals surface area contributed by atoms with E-state index in [1.165, 1.54) is 19.3 Å². The van der Waals surface area contributed by atoms with Gasteiger partial charge >= 0.3 is 0 Å². The van der Waals surface area contributed by atoms with Crippen LogP contribution in [0.25, 0.3) is 0 Å². The van der Waals surface area contributed by atoms with Crippen molar-refractivity contribution in [1.82, 2.24) is 5.32 Å². The molecule has 0 radical (unpaired) electrons. The van der Waals surface area contributed by atoms with Crippen LogP contribution in [0.5, 0.6) is 17.2 Å². The van der Waals surface area contributed by atoms with Crippen LogP contribution < -0.4 is 19.5 Å². The fourth-order valence-corrected chi connectivity index (χ4v) is 3.73. The summed E-state index contributed by atoms with van der Waals surface area (Å²) in [5.74, 6) is 1.84. The molecule has 24 heavy (non-hydrogen) atoms. The van der Waals surface area contributed by atoms with Gasteiger partial charge in [-0.05, 0) is 30.5 Å². The lowest BCUT2D eigenvalue weighted by Crippen LogP contribution is -2.35. The SMILES string of the molecule is COc1cc(CNC[C@H]2COC3(CCCCC3)O2)cc2c1OCO2. The second-order valence-electron chi connectivity index (χ2n) is 6.68. The smallest absolute Gasteiger partial charge is 0.231 e. The third-order valence-corrected chi connectivity index (χ3v) is 4.95. The van der Waals surface area contributed by atoms with Crippen molar-refractivity contribution in [1.29, 1.82) is 0 Å². The summed E-state index contributed by atoms with van der Waals surface area (Å²) in [6, 6.07) is 3.97. The summed E-state index contributed by atoms with van der Waals surface area (Å²) in [4.78, 5) is 0. The molecular weight excluding hydrogens is 310 g/mol. The average molecular weight is 335 g/mol. The maximum Gasteiger partial charge on any atom is 0.231 e. The summed E-state index contributed by atoms with van der Waals surface area (Å²) in [7, 11) is 1.64. The highest BCUT2D eigenvalue weighted by Crippen LogP contribution is 2.42. The summed E-state index contributed by atoms with van der Waals surface area (Å²) in [5, 5.41) is 3.45. The first-order valence-electron chi connectivity index (χ1n) is 8.77. The quantitative estimate of drug-likeness (QED) is 0.892. The zero-order chi connectivity index (χ0) is 16.4. The van der Waals surface area contributed by atoms with E-state index in [-0.39, 0.29) is 18.7 Å². The van der Waals surface area contributed by atoms with Crippen LogP contribution in [0.1, 0.15) is 37.7 Å². The van der Waals surface area contributed by atoms with Gasteiger partial charge in [0.05, 0.1) is 19.8 Å². The molecule has 1 aromatic rings. The van der Waals surface area contributed by atoms with E-state index in [0.717, 1.165) is 37.2 Å². The van der Waals surface area contributed by atoms with E-state index in [2.05, 4.69) is 5.32 Å². The lowest BCUT2D eigenvalue weighted by molar-refractivity contribution is -0.186. The van der Waals surface area contributed by atoms with E-state index in [1.807, 2.05) is 12.1 Å². The minimum atomic E-state index is -0.299. The number of benzene rings is 1. The van der Waals surface area contributed by atoms with Gasteiger partial charge in [0.2, 0.25) is 12.5 Å². The molecule has 1 aromatic carbocycles. The first-order valence-corrected chi connectivity index (χ1v) is 8.77. The highest BCUT2D eigenvalue weighted by atomic mass is 16.7. The first-order chi connectivity index (χ1) is 11.8. The molecule has 0 aromatic heterocycles. The number of rotatable bonds is 5. The van der Waals surface area contributed by atoms with Crippen molar-refractivity contribution in [2.45, 2.75) is 50.5 Å². The Morgan fingerprint density at radius 3 is 2.92 bits per heavy atom. The number of methoxy groups -OCH3 is 1. The molecule has 1 saturated heterocycles. The predicted molar refractivity (Wildman–Crippen MR) is 87.5 cm³/mol. The third-order valence-electron chi connectivity index (χ3n) is 4.95. The summed E-state index contributed by atoms with van der Waals surface area (Å²) < 4.78 is 28.4. The highest BCUT2D eigenvalue weighted by molar-refractivity contribution is 5.55. The van der Waals surface area contributed by atoms with Gasteiger partial charge in [0.15, 0.2) is 17.3 Å². The van der Waals surface area contributed by atoms with Gasteiger partial charge in [0, 0.05) is 25.9 Å². The van der Waals surface area contributed by atoms with Crippen LogP contribution in [0, 0.1) is 0 Å². The van der Waals surface area contributed by atoms with Crippen LogP contribution in [0.4, 0.5) is 0 Å². The molecule has 2 aliphatic heterocycles. The number of hydrogen-bond acceptors (Lipinski definition) is 6. The number of nitrogens with one attached hydrogen (secondary N) is 1. The largest absolute Gasteiger partial charge is 0.493 e. The van der Waals surface area contributed by atoms with Gasteiger partial charge in [-0.25, -0.2) is 0 Å². The van der Waals surface area contributed by atoms with Crippen LogP contribution in [0.2, 0.25) is 0 Å². The minimum Gasteiger partial charge on any atom is -0.493 e. The third kappa shape index (κ3) is 3.18. The van der Waals surface area contributed by atoms with Crippen molar-refractivity contribution in [2.75, 3.05) is 27.1 Å². The van der Waals surface area contributed by atoms with Crippen molar-refractivity contribution >= 4 is 0 Å². The Morgan fingerprint density at radius 2 is 2.08 bits per heavy atom. The average Bonchev–Trinajstić information content (AvgIpc) is 3.22. The number of hydrogen-bond donors (Lipinski definition) is 1. The fourth-order valence-electron chi connectivity index (χ4n) is 3.73. The van der Waals surface area contributed by atoms with E-state index in [0.29, 0.717) is 18.1 Å². The lowest BCUT2D eigenvalue weighted by atomic mass is 9.94. The Balaban J connectivity index is 1.30. The van der Waals surface area contributed by atoms with Gasteiger partial charge in [-0.1, -0.05) is 6.42 Å². The number of ether oxygens (including phenoxy) is 5. The van der Waals surface area contributed by atoms with Crippen molar-refractivity contribution < 1.29 is 23.7 Å². The van der Waals surface area contributed by atoms with E-state index >= 15 is 0 Å². The highest BCUT2D eigenvalue weighted by Gasteiger charge is 2.41. The van der Waals surface area contributed by atoms with Crippen molar-refractivity contribution in [3.05, 3.63) is 17.7 Å².